The molecule has 6 nitrogen and oxygen atoms in total. The van der Waals surface area contributed by atoms with Gasteiger partial charge in [-0.2, -0.15) is 0 Å². The molecule has 162 valence electrons. The van der Waals surface area contributed by atoms with Crippen LogP contribution in [0.4, 0.5) is 0 Å². The summed E-state index contributed by atoms with van der Waals surface area (Å²) in [6, 6.07) is 10.9. The van der Waals surface area contributed by atoms with Crippen molar-refractivity contribution in [3.05, 3.63) is 52.9 Å². The molecule has 0 aliphatic rings. The van der Waals surface area contributed by atoms with Crippen molar-refractivity contribution in [1.29, 1.82) is 0 Å². The van der Waals surface area contributed by atoms with Crippen LogP contribution in [0.3, 0.4) is 0 Å². The number of benzene rings is 1. The molecule has 0 amide bonds. The number of nitrogens with one attached hydrogen (secondary N) is 2. The van der Waals surface area contributed by atoms with Crippen LogP contribution in [0.5, 0.6) is 0 Å². The summed E-state index contributed by atoms with van der Waals surface area (Å²) in [5.74, 6) is 1.76. The maximum absolute atomic E-state index is 5.45. The normalized spacial score (nSPS) is 12.6. The fraction of sp³-hybridized carbons (Fsp3) is 0.545. The van der Waals surface area contributed by atoms with Gasteiger partial charge in [0.25, 0.3) is 0 Å². The summed E-state index contributed by atoms with van der Waals surface area (Å²) >= 11 is 0. The van der Waals surface area contributed by atoms with Crippen molar-refractivity contribution in [2.24, 2.45) is 4.99 Å². The molecule has 2 rings (SSSR count). The van der Waals surface area contributed by atoms with Gasteiger partial charge in [0.05, 0.1) is 12.2 Å². The number of hydrogen-bond donors (Lipinski definition) is 2. The molecule has 2 N–H and O–H groups in total. The third-order valence-corrected chi connectivity index (χ3v) is 4.94. The second kappa shape index (κ2) is 13.6. The van der Waals surface area contributed by atoms with Gasteiger partial charge in [-0.3, -0.25) is 4.90 Å². The molecule has 7 heteroatoms. The summed E-state index contributed by atoms with van der Waals surface area (Å²) in [7, 11) is 2.15. The molecular weight excluding hydrogens is 477 g/mol. The van der Waals surface area contributed by atoms with Gasteiger partial charge < -0.3 is 15.2 Å². The first kappa shape index (κ1) is 25.4. The molecule has 1 aromatic heterocycles. The van der Waals surface area contributed by atoms with Gasteiger partial charge in [0, 0.05) is 37.7 Å². The molecule has 0 bridgehead atoms. The van der Waals surface area contributed by atoms with E-state index in [2.05, 4.69) is 85.8 Å². The van der Waals surface area contributed by atoms with E-state index in [4.69, 9.17) is 9.52 Å². The molecule has 1 aromatic carbocycles. The van der Waals surface area contributed by atoms with Gasteiger partial charge in [-0.05, 0) is 32.9 Å². The van der Waals surface area contributed by atoms with E-state index >= 15 is 0 Å². The number of aryl methyl sites for hydroxylation is 2. The molecule has 29 heavy (non-hydrogen) atoms. The highest BCUT2D eigenvalue weighted by Crippen LogP contribution is 2.16. The Hall–Kier alpha value is -1.61. The SMILES string of the molecule is CCNC(=NCc1c(CC)noc1CC)NCC(C)N(C)Cc1ccccc1.I. The number of aliphatic imine (C=N–C) groups is 1. The molecule has 2 aromatic rings. The highest BCUT2D eigenvalue weighted by Gasteiger charge is 2.14. The lowest BCUT2D eigenvalue weighted by atomic mass is 10.1. The Bertz CT molecular complexity index is 711. The lowest BCUT2D eigenvalue weighted by Crippen LogP contribution is -2.44. The van der Waals surface area contributed by atoms with Crippen molar-refractivity contribution in [3.63, 3.8) is 0 Å². The number of aromatic nitrogens is 1. The number of rotatable bonds is 10. The molecule has 0 fully saturated rings. The second-order valence-electron chi connectivity index (χ2n) is 7.06. The lowest BCUT2D eigenvalue weighted by Gasteiger charge is -2.25. The van der Waals surface area contributed by atoms with Crippen LogP contribution < -0.4 is 10.6 Å². The number of likely N-dealkylation sites (N-methyl/N-ethyl adjacent to an activating group) is 1. The van der Waals surface area contributed by atoms with Crippen molar-refractivity contribution in [3.8, 4) is 0 Å². The minimum Gasteiger partial charge on any atom is -0.361 e. The molecule has 1 heterocycles. The van der Waals surface area contributed by atoms with Crippen LogP contribution in [0.15, 0.2) is 39.8 Å². The monoisotopic (exact) mass is 513 g/mol. The molecule has 0 spiro atoms. The average Bonchev–Trinajstić information content (AvgIpc) is 3.12. The van der Waals surface area contributed by atoms with Gasteiger partial charge in [0.2, 0.25) is 0 Å². The zero-order valence-corrected chi connectivity index (χ0v) is 20.7. The Kier molecular flexibility index (Phi) is 11.9. The first-order chi connectivity index (χ1) is 13.6. The van der Waals surface area contributed by atoms with E-state index in [1.165, 1.54) is 5.56 Å². The Labute approximate surface area is 192 Å². The standard InChI is InChI=1S/C22H35N5O.HI/c1-6-20-19(21(7-2)28-26-20)15-25-22(23-8-3)24-14-17(4)27(5)16-18-12-10-9-11-13-18;/h9-13,17H,6-8,14-16H2,1-5H3,(H2,23,24,25);1H. The first-order valence-electron chi connectivity index (χ1n) is 10.3. The fourth-order valence-corrected chi connectivity index (χ4v) is 3.04. The van der Waals surface area contributed by atoms with Gasteiger partial charge in [-0.15, -0.1) is 24.0 Å². The molecule has 1 unspecified atom stereocenters. The lowest BCUT2D eigenvalue weighted by molar-refractivity contribution is 0.249. The van der Waals surface area contributed by atoms with Gasteiger partial charge in [-0.25, -0.2) is 4.99 Å². The minimum absolute atomic E-state index is 0. The van der Waals surface area contributed by atoms with Crippen molar-refractivity contribution in [2.75, 3.05) is 20.1 Å². The largest absolute Gasteiger partial charge is 0.361 e. The third-order valence-electron chi connectivity index (χ3n) is 4.94. The zero-order chi connectivity index (χ0) is 20.4. The Morgan fingerprint density at radius 2 is 1.86 bits per heavy atom. The van der Waals surface area contributed by atoms with Crippen molar-refractivity contribution in [1.82, 2.24) is 20.7 Å². The maximum Gasteiger partial charge on any atom is 0.191 e. The van der Waals surface area contributed by atoms with Crippen LogP contribution in [0.1, 0.15) is 50.3 Å². The van der Waals surface area contributed by atoms with Crippen LogP contribution in [0.25, 0.3) is 0 Å². The Morgan fingerprint density at radius 1 is 1.14 bits per heavy atom. The van der Waals surface area contributed by atoms with Gasteiger partial charge >= 0.3 is 0 Å². The summed E-state index contributed by atoms with van der Waals surface area (Å²) < 4.78 is 5.45. The van der Waals surface area contributed by atoms with E-state index in [-0.39, 0.29) is 24.0 Å². The highest BCUT2D eigenvalue weighted by molar-refractivity contribution is 14.0. The summed E-state index contributed by atoms with van der Waals surface area (Å²) in [5, 5.41) is 11.0. The Balaban J connectivity index is 0.00000420. The predicted octanol–water partition coefficient (Wildman–Crippen LogP) is 3.99. The number of guanidine groups is 1. The van der Waals surface area contributed by atoms with Crippen LogP contribution in [-0.2, 0) is 25.9 Å². The molecule has 0 saturated carbocycles. The summed E-state index contributed by atoms with van der Waals surface area (Å²) in [4.78, 5) is 7.11. The second-order valence-corrected chi connectivity index (χ2v) is 7.06. The predicted molar refractivity (Wildman–Crippen MR) is 131 cm³/mol. The van der Waals surface area contributed by atoms with Crippen molar-refractivity contribution in [2.45, 2.75) is 59.7 Å². The summed E-state index contributed by atoms with van der Waals surface area (Å²) in [5.41, 5.74) is 3.45. The quantitative estimate of drug-likeness (QED) is 0.286. The van der Waals surface area contributed by atoms with E-state index in [9.17, 15) is 0 Å². The molecule has 0 aliphatic heterocycles. The zero-order valence-electron chi connectivity index (χ0n) is 18.4. The van der Waals surface area contributed by atoms with Crippen molar-refractivity contribution < 1.29 is 4.52 Å². The van der Waals surface area contributed by atoms with E-state index in [0.717, 1.165) is 55.5 Å². The van der Waals surface area contributed by atoms with E-state index in [0.29, 0.717) is 12.6 Å². The number of nitrogens with zero attached hydrogens (tertiary/aromatic N) is 3. The van der Waals surface area contributed by atoms with Gasteiger partial charge in [-0.1, -0.05) is 49.3 Å². The van der Waals surface area contributed by atoms with Crippen LogP contribution in [0, 0.1) is 0 Å². The topological polar surface area (TPSA) is 65.7 Å². The maximum atomic E-state index is 5.45. The molecular formula is C22H36IN5O. The Morgan fingerprint density at radius 3 is 2.48 bits per heavy atom. The smallest absolute Gasteiger partial charge is 0.191 e. The molecule has 0 aliphatic carbocycles. The number of halogens is 1. The van der Waals surface area contributed by atoms with E-state index < -0.39 is 0 Å². The summed E-state index contributed by atoms with van der Waals surface area (Å²) in [6.45, 7) is 11.6. The summed E-state index contributed by atoms with van der Waals surface area (Å²) in [6.07, 6.45) is 1.70. The van der Waals surface area contributed by atoms with E-state index in [1.807, 2.05) is 0 Å². The number of hydrogen-bond acceptors (Lipinski definition) is 4. The van der Waals surface area contributed by atoms with Crippen LogP contribution >= 0.6 is 24.0 Å². The highest BCUT2D eigenvalue weighted by atomic mass is 127. The molecule has 1 atom stereocenters. The van der Waals surface area contributed by atoms with Gasteiger partial charge in [0.1, 0.15) is 5.76 Å². The average molecular weight is 513 g/mol. The van der Waals surface area contributed by atoms with Crippen molar-refractivity contribution >= 4 is 29.9 Å². The van der Waals surface area contributed by atoms with Crippen LogP contribution in [0.2, 0.25) is 0 Å². The molecule has 0 saturated heterocycles. The van der Waals surface area contributed by atoms with E-state index in [1.54, 1.807) is 0 Å². The third kappa shape index (κ3) is 7.97. The first-order valence-corrected chi connectivity index (χ1v) is 10.3. The van der Waals surface area contributed by atoms with Crippen LogP contribution in [-0.4, -0.2) is 42.2 Å². The molecule has 0 radical (unpaired) electrons. The minimum atomic E-state index is 0. The van der Waals surface area contributed by atoms with Gasteiger partial charge in [0.15, 0.2) is 5.96 Å². The fourth-order valence-electron chi connectivity index (χ4n) is 3.04.